The van der Waals surface area contributed by atoms with Crippen molar-refractivity contribution in [2.24, 2.45) is 12.2 Å². The Hall–Kier alpha value is -5.31. The summed E-state index contributed by atoms with van der Waals surface area (Å²) >= 11 is 3.55. The number of esters is 1. The number of anilines is 1. The molecule has 0 radical (unpaired) electrons. The summed E-state index contributed by atoms with van der Waals surface area (Å²) in [6.45, 7) is 1.28. The van der Waals surface area contributed by atoms with E-state index in [2.05, 4.69) is 31.0 Å². The molecule has 52 heavy (non-hydrogen) atoms. The number of carbonyl (C=O) groups excluding carboxylic acids is 3. The van der Waals surface area contributed by atoms with Gasteiger partial charge in [-0.3, -0.25) is 14.5 Å². The molecular formula is C32H31N9O8S3. The summed E-state index contributed by atoms with van der Waals surface area (Å²) < 4.78 is 12.8. The molecule has 2 aromatic heterocycles. The Balaban J connectivity index is 1.20. The number of hydrogen-bond donors (Lipinski definition) is 3. The van der Waals surface area contributed by atoms with E-state index >= 15 is 0 Å². The number of rotatable bonds is 14. The van der Waals surface area contributed by atoms with E-state index in [1.54, 1.807) is 7.05 Å². The minimum Gasteiger partial charge on any atom is -0.477 e. The van der Waals surface area contributed by atoms with Crippen molar-refractivity contribution in [1.82, 2.24) is 35.4 Å². The first-order valence-electron chi connectivity index (χ1n) is 15.4. The lowest BCUT2D eigenvalue weighted by Crippen LogP contribution is -2.71. The van der Waals surface area contributed by atoms with Gasteiger partial charge in [-0.2, -0.15) is 0 Å². The summed E-state index contributed by atoms with van der Waals surface area (Å²) in [6.07, 6.45) is -0.827. The van der Waals surface area contributed by atoms with Gasteiger partial charge in [-0.25, -0.2) is 19.3 Å². The number of thioether (sulfide) groups is 2. The maximum absolute atomic E-state index is 13.8. The fraction of sp³-hybridized carbons (Fsp3) is 0.281. The number of aliphatic carboxylic acids is 1. The number of β-lactam (4-membered cyclic amide) rings is 1. The lowest BCUT2D eigenvalue weighted by Gasteiger charge is -2.49. The predicted octanol–water partition coefficient (Wildman–Crippen LogP) is 2.20. The van der Waals surface area contributed by atoms with Crippen LogP contribution in [-0.4, -0.2) is 100 Å². The normalized spacial score (nSPS) is 18.3. The number of nitrogen functional groups attached to an aromatic ring is 1. The standard InChI is InChI=1S/C32H31N9O8S3/c1-32(47-3,29(46)48-24(17-10-6-4-7-11-17)18-12-8-5-9-13-18)49-37-21(20-16-51-30(33)34-20)25(42)35-22-26(43)41-23(28(44)45)19(14-50-27(22)41)15-52-31-36-38-39-40(31)2/h4-13,16,22,24,27H,14-15H2,1-3H3,(H2,33,34)(H,35,42)(H,44,45)/b37-21-/t22-,27-,32?/m0/s1. The molecule has 2 aliphatic rings. The number of carboxylic acids is 1. The Morgan fingerprint density at radius 2 is 1.83 bits per heavy atom. The number of carboxylic acid groups (broad SMARTS) is 1. The maximum Gasteiger partial charge on any atom is 0.382 e. The molecule has 20 heteroatoms. The Kier molecular flexibility index (Phi) is 10.9. The largest absolute Gasteiger partial charge is 0.477 e. The van der Waals surface area contributed by atoms with Crippen LogP contribution in [0.1, 0.15) is 29.8 Å². The Morgan fingerprint density at radius 1 is 1.15 bits per heavy atom. The molecule has 0 saturated carbocycles. The highest BCUT2D eigenvalue weighted by atomic mass is 32.2. The summed E-state index contributed by atoms with van der Waals surface area (Å²) in [4.78, 5) is 64.0. The van der Waals surface area contributed by atoms with Gasteiger partial charge in [0.2, 0.25) is 5.16 Å². The molecule has 17 nitrogen and oxygen atoms in total. The van der Waals surface area contributed by atoms with Gasteiger partial charge in [-0.05, 0) is 27.1 Å². The summed E-state index contributed by atoms with van der Waals surface area (Å²) in [5.74, 6) is -5.40. The molecule has 2 amide bonds. The maximum atomic E-state index is 13.8. The van der Waals surface area contributed by atoms with E-state index in [0.717, 1.165) is 16.2 Å². The average Bonchev–Trinajstić information content (AvgIpc) is 3.78. The minimum atomic E-state index is -2.14. The first-order chi connectivity index (χ1) is 25.0. The number of amides is 2. The van der Waals surface area contributed by atoms with E-state index in [0.29, 0.717) is 21.9 Å². The summed E-state index contributed by atoms with van der Waals surface area (Å²) in [5.41, 5.74) is 7.16. The number of thiazole rings is 1. The number of nitrogens with zero attached hydrogens (tertiary/aromatic N) is 7. The van der Waals surface area contributed by atoms with Crippen LogP contribution in [0, 0.1) is 0 Å². The Bertz CT molecular complexity index is 2000. The topological polar surface area (TPSA) is 226 Å². The number of nitrogens with one attached hydrogen (secondary N) is 1. The quantitative estimate of drug-likeness (QED) is 0.0418. The molecular weight excluding hydrogens is 735 g/mol. The third-order valence-corrected chi connectivity index (χ3v) is 11.1. The number of fused-ring (bicyclic) bond motifs is 1. The third-order valence-electron chi connectivity index (χ3n) is 7.97. The van der Waals surface area contributed by atoms with Crippen LogP contribution in [0.2, 0.25) is 0 Å². The number of nitrogens with two attached hydrogens (primary N) is 1. The Labute approximate surface area is 308 Å². The highest BCUT2D eigenvalue weighted by molar-refractivity contribution is 8.01. The van der Waals surface area contributed by atoms with Crippen LogP contribution in [-0.2, 0) is 40.5 Å². The van der Waals surface area contributed by atoms with E-state index in [4.69, 9.17) is 20.0 Å². The number of aromatic nitrogens is 5. The number of tetrazole rings is 1. The molecule has 2 aromatic carbocycles. The van der Waals surface area contributed by atoms with Crippen molar-refractivity contribution in [3.63, 3.8) is 0 Å². The van der Waals surface area contributed by atoms with Crippen LogP contribution in [0.25, 0.3) is 0 Å². The molecule has 1 saturated heterocycles. The Morgan fingerprint density at radius 3 is 2.38 bits per heavy atom. The predicted molar refractivity (Wildman–Crippen MR) is 190 cm³/mol. The molecule has 2 aliphatic heterocycles. The van der Waals surface area contributed by atoms with Gasteiger partial charge in [0.15, 0.2) is 16.9 Å². The molecule has 0 bridgehead atoms. The number of ether oxygens (including phenoxy) is 2. The zero-order valence-electron chi connectivity index (χ0n) is 27.7. The van der Waals surface area contributed by atoms with Gasteiger partial charge in [0, 0.05) is 38.0 Å². The SMILES string of the molecule is COC(C)(O/N=C(\C(=O)N[C@H]1C(=O)N2C(C(=O)O)=C(CSc3nnnn3C)CS[C@@H]12)c1csc(N)n1)C(=O)OC(c1ccccc1)c1ccccc1. The van der Waals surface area contributed by atoms with Crippen LogP contribution in [0.4, 0.5) is 5.13 Å². The molecule has 270 valence electrons. The summed E-state index contributed by atoms with van der Waals surface area (Å²) in [7, 11) is 2.87. The van der Waals surface area contributed by atoms with Crippen LogP contribution in [0.15, 0.2) is 87.6 Å². The number of oxime groups is 1. The zero-order chi connectivity index (χ0) is 37.0. The van der Waals surface area contributed by atoms with Crippen molar-refractivity contribution in [1.29, 1.82) is 0 Å². The highest BCUT2D eigenvalue weighted by Crippen LogP contribution is 2.41. The van der Waals surface area contributed by atoms with Crippen LogP contribution in [0.5, 0.6) is 0 Å². The molecule has 1 unspecified atom stereocenters. The number of benzene rings is 2. The van der Waals surface area contributed by atoms with E-state index in [1.807, 2.05) is 60.7 Å². The van der Waals surface area contributed by atoms with Crippen molar-refractivity contribution in [2.45, 2.75) is 35.4 Å². The molecule has 4 aromatic rings. The van der Waals surface area contributed by atoms with Crippen LogP contribution in [0.3, 0.4) is 0 Å². The van der Waals surface area contributed by atoms with E-state index in [9.17, 15) is 24.3 Å². The first-order valence-corrected chi connectivity index (χ1v) is 18.3. The third kappa shape index (κ3) is 7.49. The molecule has 4 heterocycles. The number of carbonyl (C=O) groups is 4. The van der Waals surface area contributed by atoms with Gasteiger partial charge in [-0.15, -0.1) is 28.2 Å². The zero-order valence-corrected chi connectivity index (χ0v) is 30.2. The van der Waals surface area contributed by atoms with Crippen molar-refractivity contribution in [3.8, 4) is 0 Å². The fourth-order valence-corrected chi connectivity index (χ4v) is 8.07. The van der Waals surface area contributed by atoms with Gasteiger partial charge in [-0.1, -0.05) is 77.6 Å². The molecule has 0 spiro atoms. The van der Waals surface area contributed by atoms with Crippen molar-refractivity contribution >= 4 is 69.5 Å². The van der Waals surface area contributed by atoms with E-state index in [-0.39, 0.29) is 28.0 Å². The highest BCUT2D eigenvalue weighted by Gasteiger charge is 2.54. The molecule has 1 fully saturated rings. The number of aryl methyl sites for hydroxylation is 1. The monoisotopic (exact) mass is 765 g/mol. The van der Waals surface area contributed by atoms with Crippen LogP contribution >= 0.6 is 34.9 Å². The second-order valence-corrected chi connectivity index (χ2v) is 14.3. The molecule has 4 N–H and O–H groups in total. The average molecular weight is 766 g/mol. The van der Waals surface area contributed by atoms with Gasteiger partial charge >= 0.3 is 17.7 Å². The van der Waals surface area contributed by atoms with E-state index < -0.39 is 52.8 Å². The van der Waals surface area contributed by atoms with Gasteiger partial charge in [0.1, 0.15) is 22.8 Å². The molecule has 6 rings (SSSR count). The molecule has 3 atom stereocenters. The lowest BCUT2D eigenvalue weighted by molar-refractivity contribution is -0.234. The van der Waals surface area contributed by atoms with Crippen molar-refractivity contribution < 1.29 is 38.6 Å². The first kappa shape index (κ1) is 36.5. The van der Waals surface area contributed by atoms with E-state index in [1.165, 1.54) is 47.6 Å². The second kappa shape index (κ2) is 15.5. The number of hydrogen-bond acceptors (Lipinski definition) is 16. The molecule has 0 aliphatic carbocycles. The minimum absolute atomic E-state index is 0.00175. The second-order valence-electron chi connectivity index (χ2n) is 11.4. The van der Waals surface area contributed by atoms with Crippen molar-refractivity contribution in [2.75, 3.05) is 24.3 Å². The summed E-state index contributed by atoms with van der Waals surface area (Å²) in [5, 5.41) is 29.2. The number of methoxy groups -OCH3 is 1. The van der Waals surface area contributed by atoms with Gasteiger partial charge in [0.25, 0.3) is 11.8 Å². The van der Waals surface area contributed by atoms with Crippen molar-refractivity contribution in [3.05, 3.63) is 94.1 Å². The summed E-state index contributed by atoms with van der Waals surface area (Å²) in [6, 6.07) is 17.1. The van der Waals surface area contributed by atoms with Crippen LogP contribution < -0.4 is 11.1 Å². The van der Waals surface area contributed by atoms with Gasteiger partial charge < -0.3 is 30.5 Å². The van der Waals surface area contributed by atoms with Gasteiger partial charge in [0.05, 0.1) is 0 Å². The lowest BCUT2D eigenvalue weighted by atomic mass is 10.0. The smallest absolute Gasteiger partial charge is 0.382 e. The fourth-order valence-electron chi connectivity index (χ4n) is 5.19.